The molecule has 0 saturated carbocycles. The maximum absolute atomic E-state index is 13.8. The molecule has 2 unspecified atom stereocenters. The largest absolute Gasteiger partial charge is 0.469 e. The number of ether oxygens (including phenoxy) is 2. The van der Waals surface area contributed by atoms with Crippen LogP contribution < -0.4 is 9.92 Å². The predicted molar refractivity (Wildman–Crippen MR) is 162 cm³/mol. The van der Waals surface area contributed by atoms with Gasteiger partial charge >= 0.3 is 22.1 Å². The summed E-state index contributed by atoms with van der Waals surface area (Å²) in [7, 11) is -2.78. The van der Waals surface area contributed by atoms with Gasteiger partial charge in [-0.3, -0.25) is 9.59 Å². The second-order valence-electron chi connectivity index (χ2n) is 10.5. The van der Waals surface area contributed by atoms with E-state index >= 15 is 0 Å². The lowest BCUT2D eigenvalue weighted by molar-refractivity contribution is -0.148. The van der Waals surface area contributed by atoms with Gasteiger partial charge in [0, 0.05) is 5.92 Å². The van der Waals surface area contributed by atoms with E-state index in [0.717, 1.165) is 27.8 Å². The number of benzene rings is 4. The first kappa shape index (κ1) is 30.0. The first-order valence-corrected chi connectivity index (χ1v) is 15.4. The van der Waals surface area contributed by atoms with Crippen molar-refractivity contribution >= 4 is 22.1 Å². The molecule has 0 spiro atoms. The van der Waals surface area contributed by atoms with Crippen molar-refractivity contribution in [3.63, 3.8) is 0 Å². The molecule has 0 amide bonds. The summed E-state index contributed by atoms with van der Waals surface area (Å²) < 4.78 is 41.7. The van der Waals surface area contributed by atoms with Crippen LogP contribution in [0.4, 0.5) is 0 Å². The number of methoxy groups -OCH3 is 1. The number of hydrogen-bond donors (Lipinski definition) is 1. The zero-order chi connectivity index (χ0) is 30.6. The van der Waals surface area contributed by atoms with E-state index in [9.17, 15) is 18.0 Å². The van der Waals surface area contributed by atoms with Gasteiger partial charge in [-0.2, -0.15) is 8.42 Å². The highest BCUT2D eigenvalue weighted by molar-refractivity contribution is 7.87. The van der Waals surface area contributed by atoms with Crippen LogP contribution in [0, 0.1) is 12.8 Å². The van der Waals surface area contributed by atoms with Crippen molar-refractivity contribution in [2.45, 2.75) is 30.1 Å². The standard InChI is InChI=1S/C34H33NO7S/c1-22-11-17-26(18-12-22)43(38,39)42-25-15-13-23(14-16-25)33(24(20-35)19-32(36)40-2)34(37)41-21-31-29-9-5-3-7-27(29)28-8-4-6-10-30(28)31/h3-18,24,31,33H,19-21,35H2,1-2H3. The summed E-state index contributed by atoms with van der Waals surface area (Å²) in [4.78, 5) is 26.0. The van der Waals surface area contributed by atoms with Gasteiger partial charge in [0.05, 0.1) is 19.4 Å². The molecule has 8 nitrogen and oxygen atoms in total. The van der Waals surface area contributed by atoms with E-state index in [2.05, 4.69) is 12.1 Å². The van der Waals surface area contributed by atoms with Gasteiger partial charge in [0.2, 0.25) is 0 Å². The predicted octanol–water partition coefficient (Wildman–Crippen LogP) is 5.34. The van der Waals surface area contributed by atoms with Crippen molar-refractivity contribution in [1.29, 1.82) is 0 Å². The molecule has 1 aliphatic rings. The van der Waals surface area contributed by atoms with Gasteiger partial charge in [-0.15, -0.1) is 0 Å². The Morgan fingerprint density at radius 1 is 0.837 bits per heavy atom. The van der Waals surface area contributed by atoms with Gasteiger partial charge in [0.1, 0.15) is 17.3 Å². The summed E-state index contributed by atoms with van der Waals surface area (Å²) in [5.74, 6) is -2.63. The van der Waals surface area contributed by atoms with Crippen molar-refractivity contribution in [1.82, 2.24) is 0 Å². The number of carbonyl (C=O) groups is 2. The Kier molecular flexibility index (Phi) is 8.94. The molecule has 4 aromatic rings. The number of esters is 2. The molecular weight excluding hydrogens is 566 g/mol. The molecular formula is C34H33NO7S. The van der Waals surface area contributed by atoms with Gasteiger partial charge in [-0.25, -0.2) is 0 Å². The van der Waals surface area contributed by atoms with Crippen LogP contribution in [0.5, 0.6) is 5.75 Å². The van der Waals surface area contributed by atoms with Crippen LogP contribution in [0.1, 0.15) is 40.5 Å². The van der Waals surface area contributed by atoms with E-state index in [4.69, 9.17) is 19.4 Å². The number of hydrogen-bond acceptors (Lipinski definition) is 8. The lowest BCUT2D eigenvalue weighted by Crippen LogP contribution is -2.32. The summed E-state index contributed by atoms with van der Waals surface area (Å²) in [6.07, 6.45) is -0.0953. The van der Waals surface area contributed by atoms with Crippen LogP contribution in [0.25, 0.3) is 11.1 Å². The highest BCUT2D eigenvalue weighted by atomic mass is 32.2. The molecule has 43 heavy (non-hydrogen) atoms. The summed E-state index contributed by atoms with van der Waals surface area (Å²) >= 11 is 0. The summed E-state index contributed by atoms with van der Waals surface area (Å²) in [6, 6.07) is 28.5. The normalized spacial score (nSPS) is 13.8. The SMILES string of the molecule is COC(=O)CC(CN)C(C(=O)OCC1c2ccccc2-c2ccccc21)c1ccc(OS(=O)(=O)c2ccc(C)cc2)cc1. The highest BCUT2D eigenvalue weighted by Gasteiger charge is 2.35. The second-order valence-corrected chi connectivity index (χ2v) is 12.1. The number of aryl methyl sites for hydroxylation is 1. The Hall–Kier alpha value is -4.47. The Bertz CT molecular complexity index is 1670. The Balaban J connectivity index is 1.39. The van der Waals surface area contributed by atoms with Crippen LogP contribution in [0.2, 0.25) is 0 Å². The lowest BCUT2D eigenvalue weighted by atomic mass is 9.83. The summed E-state index contributed by atoms with van der Waals surface area (Å²) in [5.41, 5.74) is 11.9. The molecule has 2 atom stereocenters. The number of nitrogens with two attached hydrogens (primary N) is 1. The van der Waals surface area contributed by atoms with E-state index in [1.54, 1.807) is 24.3 Å². The Morgan fingerprint density at radius 2 is 1.42 bits per heavy atom. The minimum absolute atomic E-state index is 0.0179. The first-order chi connectivity index (χ1) is 20.7. The van der Waals surface area contributed by atoms with Crippen molar-refractivity contribution in [2.75, 3.05) is 20.3 Å². The molecule has 2 N–H and O–H groups in total. The van der Waals surface area contributed by atoms with E-state index in [0.29, 0.717) is 5.56 Å². The molecule has 222 valence electrons. The first-order valence-electron chi connectivity index (χ1n) is 13.9. The molecule has 0 radical (unpaired) electrons. The molecule has 5 rings (SSSR count). The molecule has 0 aliphatic heterocycles. The van der Waals surface area contributed by atoms with E-state index < -0.39 is 33.9 Å². The maximum atomic E-state index is 13.8. The van der Waals surface area contributed by atoms with Crippen LogP contribution in [-0.4, -0.2) is 40.6 Å². The van der Waals surface area contributed by atoms with Gasteiger partial charge < -0.3 is 19.4 Å². The topological polar surface area (TPSA) is 122 Å². The third kappa shape index (κ3) is 6.48. The minimum atomic E-state index is -4.06. The zero-order valence-corrected chi connectivity index (χ0v) is 24.8. The van der Waals surface area contributed by atoms with Crippen LogP contribution in [0.15, 0.2) is 102 Å². The van der Waals surface area contributed by atoms with Crippen LogP contribution in [0.3, 0.4) is 0 Å². The van der Waals surface area contributed by atoms with Crippen LogP contribution >= 0.6 is 0 Å². The van der Waals surface area contributed by atoms with Gasteiger partial charge in [-0.05, 0) is 71.5 Å². The van der Waals surface area contributed by atoms with Crippen LogP contribution in [-0.2, 0) is 29.2 Å². The quantitative estimate of drug-likeness (QED) is 0.181. The fraction of sp³-hybridized carbons (Fsp3) is 0.235. The van der Waals surface area contributed by atoms with Gasteiger partial charge in [0.25, 0.3) is 0 Å². The number of carbonyl (C=O) groups excluding carboxylic acids is 2. The average Bonchev–Trinajstić information content (AvgIpc) is 3.34. The van der Waals surface area contributed by atoms with Gasteiger partial charge in [-0.1, -0.05) is 78.4 Å². The van der Waals surface area contributed by atoms with Crippen molar-refractivity contribution < 1.29 is 31.7 Å². The third-order valence-corrected chi connectivity index (χ3v) is 9.06. The fourth-order valence-corrected chi connectivity index (χ4v) is 6.47. The smallest absolute Gasteiger partial charge is 0.339 e. The molecule has 0 heterocycles. The molecule has 1 aliphatic carbocycles. The maximum Gasteiger partial charge on any atom is 0.339 e. The number of fused-ring (bicyclic) bond motifs is 3. The molecule has 4 aromatic carbocycles. The molecule has 9 heteroatoms. The van der Waals surface area contributed by atoms with E-state index in [1.165, 1.54) is 31.4 Å². The third-order valence-electron chi connectivity index (χ3n) is 7.79. The van der Waals surface area contributed by atoms with Gasteiger partial charge in [0.15, 0.2) is 0 Å². The van der Waals surface area contributed by atoms with E-state index in [-0.39, 0.29) is 36.1 Å². The molecule has 0 saturated heterocycles. The lowest BCUT2D eigenvalue weighted by Gasteiger charge is -2.25. The van der Waals surface area contributed by atoms with Crippen molar-refractivity contribution in [3.8, 4) is 16.9 Å². The monoisotopic (exact) mass is 599 g/mol. The number of rotatable bonds is 11. The fourth-order valence-electron chi connectivity index (χ4n) is 5.54. The van der Waals surface area contributed by atoms with Crippen molar-refractivity contribution in [3.05, 3.63) is 119 Å². The Morgan fingerprint density at radius 3 is 1.98 bits per heavy atom. The minimum Gasteiger partial charge on any atom is -0.469 e. The average molecular weight is 600 g/mol. The molecule has 0 fully saturated rings. The van der Waals surface area contributed by atoms with Crippen molar-refractivity contribution in [2.24, 2.45) is 11.7 Å². The molecule has 0 bridgehead atoms. The molecule has 0 aromatic heterocycles. The summed E-state index contributed by atoms with van der Waals surface area (Å²) in [5, 5.41) is 0. The Labute approximate surface area is 251 Å². The second kappa shape index (κ2) is 12.8. The summed E-state index contributed by atoms with van der Waals surface area (Å²) in [6.45, 7) is 1.98. The van der Waals surface area contributed by atoms with E-state index in [1.807, 2.05) is 43.3 Å². The zero-order valence-electron chi connectivity index (χ0n) is 23.9. The highest BCUT2D eigenvalue weighted by Crippen LogP contribution is 2.45.